The van der Waals surface area contributed by atoms with Crippen molar-refractivity contribution in [3.05, 3.63) is 16.4 Å². The van der Waals surface area contributed by atoms with Gasteiger partial charge in [0.2, 0.25) is 0 Å². The Balaban J connectivity index is 2.01. The van der Waals surface area contributed by atoms with Gasteiger partial charge in [-0.2, -0.15) is 5.10 Å². The summed E-state index contributed by atoms with van der Waals surface area (Å²) in [6.45, 7) is 7.66. The summed E-state index contributed by atoms with van der Waals surface area (Å²) in [7, 11) is 4.20. The molecule has 1 aliphatic rings. The molecule has 0 aromatic carbocycles. The quantitative estimate of drug-likeness (QED) is 0.828. The van der Waals surface area contributed by atoms with Crippen molar-refractivity contribution in [2.45, 2.75) is 39.3 Å². The molecule has 0 amide bonds. The van der Waals surface area contributed by atoms with Gasteiger partial charge in [-0.3, -0.25) is 9.48 Å². The monoisotopic (exact) mass is 312 g/mol. The molecule has 1 unspecified atom stereocenters. The van der Waals surface area contributed by atoms with Gasteiger partial charge in [-0.05, 0) is 27.9 Å². The van der Waals surface area contributed by atoms with Crippen molar-refractivity contribution in [2.75, 3.05) is 33.7 Å². The van der Waals surface area contributed by atoms with Crippen LogP contribution in [0.1, 0.15) is 24.7 Å². The van der Waals surface area contributed by atoms with E-state index in [1.54, 1.807) is 0 Å². The second-order valence-corrected chi connectivity index (χ2v) is 6.36. The summed E-state index contributed by atoms with van der Waals surface area (Å²) >= 11 is 6.28. The average molecular weight is 313 g/mol. The van der Waals surface area contributed by atoms with Crippen LogP contribution < -0.4 is 0 Å². The van der Waals surface area contributed by atoms with Gasteiger partial charge in [-0.1, -0.05) is 11.6 Å². The fraction of sp³-hybridized carbons (Fsp3) is 0.733. The van der Waals surface area contributed by atoms with E-state index in [1.807, 2.05) is 18.5 Å². The number of halogens is 1. The molecule has 0 aliphatic carbocycles. The van der Waals surface area contributed by atoms with E-state index in [4.69, 9.17) is 11.6 Å². The summed E-state index contributed by atoms with van der Waals surface area (Å²) in [4.78, 5) is 17.0. The molecule has 1 atom stereocenters. The number of nitrogens with zero attached hydrogens (tertiary/aromatic N) is 4. The standard InChI is InChI=1S/C15H25ClN4O/c1-5-20-14(15(16)11(2)17-20)9-13(21)8-12-10-18(3)6-7-19(12)4/h12H,5-10H2,1-4H3. The first-order chi connectivity index (χ1) is 9.92. The zero-order valence-corrected chi connectivity index (χ0v) is 14.2. The number of Topliss-reactive ketones (excluding diaryl/α,β-unsaturated/α-hetero) is 1. The van der Waals surface area contributed by atoms with Gasteiger partial charge in [0.1, 0.15) is 5.78 Å². The van der Waals surface area contributed by atoms with Crippen molar-refractivity contribution < 1.29 is 4.79 Å². The summed E-state index contributed by atoms with van der Waals surface area (Å²) in [6, 6.07) is 0.300. The van der Waals surface area contributed by atoms with E-state index >= 15 is 0 Å². The van der Waals surface area contributed by atoms with Crippen molar-refractivity contribution in [3.63, 3.8) is 0 Å². The van der Waals surface area contributed by atoms with Crippen LogP contribution in [0.2, 0.25) is 5.02 Å². The van der Waals surface area contributed by atoms with E-state index in [1.165, 1.54) is 0 Å². The van der Waals surface area contributed by atoms with E-state index in [0.29, 0.717) is 23.9 Å². The fourth-order valence-electron chi connectivity index (χ4n) is 2.88. The molecule has 5 nitrogen and oxygen atoms in total. The molecular formula is C15H25ClN4O. The number of aromatic nitrogens is 2. The highest BCUT2D eigenvalue weighted by molar-refractivity contribution is 6.32. The zero-order chi connectivity index (χ0) is 15.6. The second kappa shape index (κ2) is 6.90. The maximum Gasteiger partial charge on any atom is 0.140 e. The maximum absolute atomic E-state index is 12.4. The second-order valence-electron chi connectivity index (χ2n) is 5.98. The van der Waals surface area contributed by atoms with E-state index < -0.39 is 0 Å². The van der Waals surface area contributed by atoms with Crippen molar-refractivity contribution in [1.29, 1.82) is 0 Å². The minimum atomic E-state index is 0.235. The summed E-state index contributed by atoms with van der Waals surface area (Å²) < 4.78 is 1.84. The lowest BCUT2D eigenvalue weighted by Crippen LogP contribution is -2.50. The van der Waals surface area contributed by atoms with E-state index in [-0.39, 0.29) is 5.78 Å². The molecule has 2 heterocycles. The van der Waals surface area contributed by atoms with Crippen molar-refractivity contribution in [2.24, 2.45) is 0 Å². The first-order valence-corrected chi connectivity index (χ1v) is 7.92. The number of hydrogen-bond donors (Lipinski definition) is 0. The molecular weight excluding hydrogens is 288 g/mol. The van der Waals surface area contributed by atoms with Crippen LogP contribution in [0.15, 0.2) is 0 Å². The Kier molecular flexibility index (Phi) is 5.41. The highest BCUT2D eigenvalue weighted by Gasteiger charge is 2.25. The van der Waals surface area contributed by atoms with Crippen LogP contribution in [-0.2, 0) is 17.8 Å². The van der Waals surface area contributed by atoms with Crippen LogP contribution in [0, 0.1) is 6.92 Å². The third-order valence-corrected chi connectivity index (χ3v) is 4.75. The van der Waals surface area contributed by atoms with E-state index in [9.17, 15) is 4.79 Å². The molecule has 1 saturated heterocycles. The van der Waals surface area contributed by atoms with Crippen LogP contribution in [-0.4, -0.2) is 65.1 Å². The Bertz CT molecular complexity index is 514. The SMILES string of the molecule is CCn1nc(C)c(Cl)c1CC(=O)CC1CN(C)CCN1C. The molecule has 1 aliphatic heterocycles. The van der Waals surface area contributed by atoms with Gasteiger partial charge >= 0.3 is 0 Å². The molecule has 0 bridgehead atoms. The third kappa shape index (κ3) is 3.84. The summed E-state index contributed by atoms with van der Waals surface area (Å²) in [5.74, 6) is 0.235. The van der Waals surface area contributed by atoms with Crippen LogP contribution >= 0.6 is 11.6 Å². The Morgan fingerprint density at radius 2 is 2.10 bits per heavy atom. The number of piperazine rings is 1. The third-order valence-electron chi connectivity index (χ3n) is 4.26. The van der Waals surface area contributed by atoms with Gasteiger partial charge in [0.15, 0.2) is 0 Å². The predicted octanol–water partition coefficient (Wildman–Crippen LogP) is 1.61. The Labute approximate surface area is 131 Å². The van der Waals surface area contributed by atoms with Gasteiger partial charge in [0.05, 0.1) is 16.4 Å². The number of carbonyl (C=O) groups is 1. The Morgan fingerprint density at radius 1 is 1.38 bits per heavy atom. The van der Waals surface area contributed by atoms with E-state index in [2.05, 4.69) is 29.0 Å². The highest BCUT2D eigenvalue weighted by Crippen LogP contribution is 2.22. The Morgan fingerprint density at radius 3 is 2.76 bits per heavy atom. The highest BCUT2D eigenvalue weighted by atomic mass is 35.5. The van der Waals surface area contributed by atoms with Crippen LogP contribution in [0.4, 0.5) is 0 Å². The lowest BCUT2D eigenvalue weighted by Gasteiger charge is -2.37. The largest absolute Gasteiger partial charge is 0.304 e. The molecule has 0 radical (unpaired) electrons. The topological polar surface area (TPSA) is 41.4 Å². The van der Waals surface area contributed by atoms with E-state index in [0.717, 1.165) is 37.6 Å². The molecule has 21 heavy (non-hydrogen) atoms. The molecule has 0 saturated carbocycles. The predicted molar refractivity (Wildman–Crippen MR) is 84.9 cm³/mol. The van der Waals surface area contributed by atoms with Crippen molar-refractivity contribution in [3.8, 4) is 0 Å². The summed E-state index contributed by atoms with van der Waals surface area (Å²) in [5.41, 5.74) is 1.66. The normalized spacial score (nSPS) is 20.9. The summed E-state index contributed by atoms with van der Waals surface area (Å²) in [6.07, 6.45) is 0.951. The molecule has 0 N–H and O–H groups in total. The number of ketones is 1. The Hall–Kier alpha value is -0.910. The molecule has 0 spiro atoms. The first kappa shape index (κ1) is 16.5. The first-order valence-electron chi connectivity index (χ1n) is 7.54. The van der Waals surface area contributed by atoms with Crippen molar-refractivity contribution in [1.82, 2.24) is 19.6 Å². The zero-order valence-electron chi connectivity index (χ0n) is 13.4. The molecule has 2 rings (SSSR count). The van der Waals surface area contributed by atoms with Crippen molar-refractivity contribution >= 4 is 17.4 Å². The minimum absolute atomic E-state index is 0.235. The average Bonchev–Trinajstić information content (AvgIpc) is 2.70. The molecule has 6 heteroatoms. The van der Waals surface area contributed by atoms with Gasteiger partial charge in [0, 0.05) is 45.1 Å². The summed E-state index contributed by atoms with van der Waals surface area (Å²) in [5, 5.41) is 5.01. The lowest BCUT2D eigenvalue weighted by atomic mass is 10.0. The minimum Gasteiger partial charge on any atom is -0.304 e. The van der Waals surface area contributed by atoms with Gasteiger partial charge in [0.25, 0.3) is 0 Å². The smallest absolute Gasteiger partial charge is 0.140 e. The lowest BCUT2D eigenvalue weighted by molar-refractivity contribution is -0.120. The molecule has 118 valence electrons. The van der Waals surface area contributed by atoms with Crippen LogP contribution in [0.3, 0.4) is 0 Å². The number of likely N-dealkylation sites (N-methyl/N-ethyl adjacent to an activating group) is 2. The molecule has 1 aromatic rings. The van der Waals surface area contributed by atoms with Gasteiger partial charge in [-0.25, -0.2) is 0 Å². The maximum atomic E-state index is 12.4. The van der Waals surface area contributed by atoms with Gasteiger partial charge in [-0.15, -0.1) is 0 Å². The number of hydrogen-bond acceptors (Lipinski definition) is 4. The number of carbonyl (C=O) groups excluding carboxylic acids is 1. The van der Waals surface area contributed by atoms with Crippen LogP contribution in [0.25, 0.3) is 0 Å². The van der Waals surface area contributed by atoms with Gasteiger partial charge < -0.3 is 9.80 Å². The number of rotatable bonds is 5. The molecule has 1 aromatic heterocycles. The van der Waals surface area contributed by atoms with Crippen LogP contribution in [0.5, 0.6) is 0 Å². The molecule has 1 fully saturated rings. The number of aryl methyl sites for hydroxylation is 2. The fourth-order valence-corrected chi connectivity index (χ4v) is 3.08.